The molecule has 15 heavy (non-hydrogen) atoms. The number of ether oxygens (including phenoxy) is 1. The third-order valence-corrected chi connectivity index (χ3v) is 3.53. The first-order valence-electron chi connectivity index (χ1n) is 5.76. The number of fused-ring (bicyclic) bond motifs is 1. The van der Waals surface area contributed by atoms with Gasteiger partial charge in [-0.2, -0.15) is 0 Å². The van der Waals surface area contributed by atoms with E-state index in [2.05, 4.69) is 42.2 Å². The number of hydrogen-bond donors (Lipinski definition) is 0. The van der Waals surface area contributed by atoms with Crippen LogP contribution in [0.15, 0.2) is 30.3 Å². The summed E-state index contributed by atoms with van der Waals surface area (Å²) in [7, 11) is 0. The summed E-state index contributed by atoms with van der Waals surface area (Å²) >= 11 is 0. The van der Waals surface area contributed by atoms with Crippen molar-refractivity contribution in [3.8, 4) is 0 Å². The SMILES string of the molecule is C[C@@H]1C[C@@H]2O[C@@H]2CN1Cc1ccccc1. The Hall–Kier alpha value is -0.860. The Morgan fingerprint density at radius 2 is 2.07 bits per heavy atom. The molecule has 80 valence electrons. The van der Waals surface area contributed by atoms with Crippen LogP contribution in [0.1, 0.15) is 18.9 Å². The van der Waals surface area contributed by atoms with Gasteiger partial charge in [-0.05, 0) is 18.9 Å². The molecule has 3 atom stereocenters. The number of likely N-dealkylation sites (tertiary alicyclic amines) is 1. The van der Waals surface area contributed by atoms with Gasteiger partial charge in [0.25, 0.3) is 0 Å². The van der Waals surface area contributed by atoms with E-state index in [9.17, 15) is 0 Å². The summed E-state index contributed by atoms with van der Waals surface area (Å²) in [6.45, 7) is 4.48. The number of epoxide rings is 1. The van der Waals surface area contributed by atoms with E-state index in [4.69, 9.17) is 4.74 Å². The monoisotopic (exact) mass is 203 g/mol. The minimum absolute atomic E-state index is 0.532. The molecule has 0 unspecified atom stereocenters. The van der Waals surface area contributed by atoms with Crippen molar-refractivity contribution in [3.05, 3.63) is 35.9 Å². The van der Waals surface area contributed by atoms with Crippen molar-refractivity contribution in [2.24, 2.45) is 0 Å². The summed E-state index contributed by atoms with van der Waals surface area (Å²) < 4.78 is 5.57. The van der Waals surface area contributed by atoms with Crippen LogP contribution in [0.5, 0.6) is 0 Å². The van der Waals surface area contributed by atoms with Gasteiger partial charge in [0, 0.05) is 19.1 Å². The van der Waals surface area contributed by atoms with Crippen LogP contribution in [0.2, 0.25) is 0 Å². The first-order valence-corrected chi connectivity index (χ1v) is 5.76. The van der Waals surface area contributed by atoms with Crippen molar-refractivity contribution in [3.63, 3.8) is 0 Å². The van der Waals surface area contributed by atoms with Gasteiger partial charge in [-0.3, -0.25) is 4.90 Å². The van der Waals surface area contributed by atoms with E-state index in [1.165, 1.54) is 12.0 Å². The average Bonchev–Trinajstić information content (AvgIpc) is 2.98. The molecular formula is C13H17NO. The topological polar surface area (TPSA) is 15.8 Å². The van der Waals surface area contributed by atoms with E-state index in [0.29, 0.717) is 18.2 Å². The Balaban J connectivity index is 1.67. The third-order valence-electron chi connectivity index (χ3n) is 3.53. The molecule has 2 fully saturated rings. The van der Waals surface area contributed by atoms with Crippen molar-refractivity contribution in [2.75, 3.05) is 6.54 Å². The van der Waals surface area contributed by atoms with Crippen molar-refractivity contribution >= 4 is 0 Å². The number of piperidine rings is 1. The van der Waals surface area contributed by atoms with E-state index in [-0.39, 0.29) is 0 Å². The number of hydrogen-bond acceptors (Lipinski definition) is 2. The highest BCUT2D eigenvalue weighted by Crippen LogP contribution is 2.34. The molecule has 1 aromatic rings. The van der Waals surface area contributed by atoms with Crippen LogP contribution >= 0.6 is 0 Å². The molecule has 1 aromatic carbocycles. The van der Waals surface area contributed by atoms with Crippen molar-refractivity contribution in [2.45, 2.75) is 38.1 Å². The van der Waals surface area contributed by atoms with Crippen LogP contribution in [-0.2, 0) is 11.3 Å². The van der Waals surface area contributed by atoms with Crippen molar-refractivity contribution in [1.29, 1.82) is 0 Å². The Kier molecular flexibility index (Phi) is 2.26. The molecule has 2 heteroatoms. The van der Waals surface area contributed by atoms with Crippen LogP contribution < -0.4 is 0 Å². The van der Waals surface area contributed by atoms with Crippen molar-refractivity contribution in [1.82, 2.24) is 4.90 Å². The minimum atomic E-state index is 0.532. The largest absolute Gasteiger partial charge is 0.368 e. The first kappa shape index (κ1) is 9.37. The van der Waals surface area contributed by atoms with E-state index in [1.807, 2.05) is 0 Å². The molecule has 0 amide bonds. The highest BCUT2D eigenvalue weighted by molar-refractivity contribution is 5.15. The van der Waals surface area contributed by atoms with E-state index in [1.54, 1.807) is 0 Å². The third kappa shape index (κ3) is 1.92. The highest BCUT2D eigenvalue weighted by Gasteiger charge is 2.45. The lowest BCUT2D eigenvalue weighted by molar-refractivity contribution is 0.170. The number of rotatable bonds is 2. The Morgan fingerprint density at radius 1 is 1.27 bits per heavy atom. The maximum Gasteiger partial charge on any atom is 0.0969 e. The van der Waals surface area contributed by atoms with Crippen LogP contribution in [0.25, 0.3) is 0 Å². The predicted octanol–water partition coefficient (Wildman–Crippen LogP) is 2.05. The second-order valence-electron chi connectivity index (χ2n) is 4.71. The van der Waals surface area contributed by atoms with Gasteiger partial charge in [0.05, 0.1) is 12.2 Å². The fourth-order valence-corrected chi connectivity index (χ4v) is 2.48. The van der Waals surface area contributed by atoms with Gasteiger partial charge in [-0.25, -0.2) is 0 Å². The Morgan fingerprint density at radius 3 is 2.87 bits per heavy atom. The molecule has 0 bridgehead atoms. The van der Waals surface area contributed by atoms with Crippen LogP contribution in [0.3, 0.4) is 0 Å². The molecule has 3 rings (SSSR count). The van der Waals surface area contributed by atoms with Crippen LogP contribution in [-0.4, -0.2) is 29.7 Å². The second kappa shape index (κ2) is 3.62. The van der Waals surface area contributed by atoms with Gasteiger partial charge in [0.2, 0.25) is 0 Å². The van der Waals surface area contributed by atoms with Gasteiger partial charge >= 0.3 is 0 Å². The minimum Gasteiger partial charge on any atom is -0.368 e. The lowest BCUT2D eigenvalue weighted by Gasteiger charge is -2.31. The zero-order valence-corrected chi connectivity index (χ0v) is 9.10. The van der Waals surface area contributed by atoms with Gasteiger partial charge < -0.3 is 4.74 Å². The zero-order valence-electron chi connectivity index (χ0n) is 9.10. The lowest BCUT2D eigenvalue weighted by atomic mass is 10.0. The molecule has 0 aliphatic carbocycles. The normalized spacial score (nSPS) is 34.9. The summed E-state index contributed by atoms with van der Waals surface area (Å²) in [6, 6.07) is 11.4. The van der Waals surface area contributed by atoms with E-state index in [0.717, 1.165) is 13.1 Å². The first-order chi connectivity index (χ1) is 7.33. The van der Waals surface area contributed by atoms with E-state index >= 15 is 0 Å². The standard InChI is InChI=1S/C13H17NO/c1-10-7-12-13(15-12)9-14(10)8-11-5-3-2-4-6-11/h2-6,10,12-13H,7-9H2,1H3/t10-,12+,13-/m1/s1. The highest BCUT2D eigenvalue weighted by atomic mass is 16.6. The smallest absolute Gasteiger partial charge is 0.0969 e. The second-order valence-corrected chi connectivity index (χ2v) is 4.71. The number of benzene rings is 1. The Labute approximate surface area is 90.8 Å². The molecule has 0 N–H and O–H groups in total. The molecule has 2 aliphatic heterocycles. The molecule has 0 saturated carbocycles. The van der Waals surface area contributed by atoms with Gasteiger partial charge in [0.15, 0.2) is 0 Å². The average molecular weight is 203 g/mol. The van der Waals surface area contributed by atoms with Gasteiger partial charge in [-0.1, -0.05) is 30.3 Å². The maximum absolute atomic E-state index is 5.57. The van der Waals surface area contributed by atoms with Gasteiger partial charge in [-0.15, -0.1) is 0 Å². The zero-order chi connectivity index (χ0) is 10.3. The maximum atomic E-state index is 5.57. The fraction of sp³-hybridized carbons (Fsp3) is 0.538. The lowest BCUT2D eigenvalue weighted by Crippen LogP contribution is -2.40. The summed E-state index contributed by atoms with van der Waals surface area (Å²) in [5, 5.41) is 0. The summed E-state index contributed by atoms with van der Waals surface area (Å²) in [5.41, 5.74) is 1.41. The summed E-state index contributed by atoms with van der Waals surface area (Å²) in [4.78, 5) is 2.53. The van der Waals surface area contributed by atoms with Crippen molar-refractivity contribution < 1.29 is 4.74 Å². The quantitative estimate of drug-likeness (QED) is 0.684. The van der Waals surface area contributed by atoms with Gasteiger partial charge in [0.1, 0.15) is 0 Å². The molecule has 2 heterocycles. The summed E-state index contributed by atoms with van der Waals surface area (Å²) in [5.74, 6) is 0. The summed E-state index contributed by atoms with van der Waals surface area (Å²) in [6.07, 6.45) is 2.31. The molecule has 2 saturated heterocycles. The molecule has 0 radical (unpaired) electrons. The molecule has 0 aromatic heterocycles. The van der Waals surface area contributed by atoms with Crippen LogP contribution in [0.4, 0.5) is 0 Å². The predicted molar refractivity (Wildman–Crippen MR) is 59.6 cm³/mol. The van der Waals surface area contributed by atoms with Crippen LogP contribution in [0, 0.1) is 0 Å². The molecule has 2 aliphatic rings. The Bertz CT molecular complexity index is 338. The molecular weight excluding hydrogens is 186 g/mol. The molecule has 2 nitrogen and oxygen atoms in total. The molecule has 0 spiro atoms. The van der Waals surface area contributed by atoms with E-state index < -0.39 is 0 Å². The number of nitrogens with zero attached hydrogens (tertiary/aromatic N) is 1. The fourth-order valence-electron chi connectivity index (χ4n) is 2.48.